The van der Waals surface area contributed by atoms with E-state index in [1.54, 1.807) is 6.07 Å². The lowest BCUT2D eigenvalue weighted by atomic mass is 9.98. The number of hydrogen-bond donors (Lipinski definition) is 1. The second-order valence-electron chi connectivity index (χ2n) is 8.11. The first-order valence-corrected chi connectivity index (χ1v) is 10.6. The minimum Gasteiger partial charge on any atom is -0.355 e. The van der Waals surface area contributed by atoms with E-state index in [-0.39, 0.29) is 24.4 Å². The van der Waals surface area contributed by atoms with Crippen LogP contribution in [0.5, 0.6) is 0 Å². The molecule has 1 saturated heterocycles. The van der Waals surface area contributed by atoms with Crippen LogP contribution in [0.4, 0.5) is 0 Å². The molecule has 156 valence electrons. The highest BCUT2D eigenvalue weighted by atomic mass is 16.2. The van der Waals surface area contributed by atoms with Gasteiger partial charge in [0.05, 0.1) is 12.2 Å². The minimum absolute atomic E-state index is 0.0447. The van der Waals surface area contributed by atoms with E-state index < -0.39 is 0 Å². The number of amides is 1. The molecule has 0 spiro atoms. The second kappa shape index (κ2) is 9.83. The number of aromatic nitrogens is 2. The molecule has 1 aliphatic heterocycles. The first-order chi connectivity index (χ1) is 13.9. The fourth-order valence-electron chi connectivity index (χ4n) is 4.02. The standard InChI is InChI=1S/C23H32N4O2/c1-17-7-9-20(10-8-17)21-11-12-23(29)27(25-21)15-13-22(28)24-14-16-26-18(2)5-4-6-19(26)3/h7-12,18-19H,4-6,13-16H2,1-3H3,(H,24,28)/t18-,19-/m0/s1. The van der Waals surface area contributed by atoms with E-state index >= 15 is 0 Å². The number of hydrogen-bond acceptors (Lipinski definition) is 4. The van der Waals surface area contributed by atoms with Crippen molar-refractivity contribution in [3.63, 3.8) is 0 Å². The lowest BCUT2D eigenvalue weighted by Crippen LogP contribution is -2.47. The molecule has 0 aliphatic carbocycles. The number of likely N-dealkylation sites (tertiary alicyclic amines) is 1. The molecular weight excluding hydrogens is 364 g/mol. The van der Waals surface area contributed by atoms with Crippen molar-refractivity contribution in [2.75, 3.05) is 13.1 Å². The van der Waals surface area contributed by atoms with E-state index in [1.165, 1.54) is 35.6 Å². The Morgan fingerprint density at radius 2 is 1.76 bits per heavy atom. The molecule has 1 fully saturated rings. The van der Waals surface area contributed by atoms with Crippen molar-refractivity contribution >= 4 is 5.91 Å². The van der Waals surface area contributed by atoms with Crippen molar-refractivity contribution in [1.82, 2.24) is 20.0 Å². The van der Waals surface area contributed by atoms with Crippen molar-refractivity contribution in [3.05, 3.63) is 52.3 Å². The summed E-state index contributed by atoms with van der Waals surface area (Å²) < 4.78 is 1.38. The summed E-state index contributed by atoms with van der Waals surface area (Å²) in [6.07, 6.45) is 3.98. The summed E-state index contributed by atoms with van der Waals surface area (Å²) in [6, 6.07) is 12.4. The fraction of sp³-hybridized carbons (Fsp3) is 0.522. The normalized spacial score (nSPS) is 19.8. The molecule has 1 amide bonds. The summed E-state index contributed by atoms with van der Waals surface area (Å²) in [5.74, 6) is -0.0447. The van der Waals surface area contributed by atoms with Crippen LogP contribution < -0.4 is 10.9 Å². The summed E-state index contributed by atoms with van der Waals surface area (Å²) in [7, 11) is 0. The number of nitrogens with zero attached hydrogens (tertiary/aromatic N) is 3. The van der Waals surface area contributed by atoms with Gasteiger partial charge in [-0.15, -0.1) is 0 Å². The molecule has 1 aromatic heterocycles. The zero-order valence-corrected chi connectivity index (χ0v) is 17.7. The van der Waals surface area contributed by atoms with Gasteiger partial charge >= 0.3 is 0 Å². The number of nitrogens with one attached hydrogen (secondary N) is 1. The average Bonchev–Trinajstić information content (AvgIpc) is 2.70. The van der Waals surface area contributed by atoms with E-state index in [0.29, 0.717) is 18.6 Å². The zero-order valence-electron chi connectivity index (χ0n) is 17.7. The monoisotopic (exact) mass is 396 g/mol. The van der Waals surface area contributed by atoms with E-state index in [9.17, 15) is 9.59 Å². The van der Waals surface area contributed by atoms with Crippen LogP contribution in [0.2, 0.25) is 0 Å². The number of carbonyl (C=O) groups excluding carboxylic acids is 1. The predicted octanol–water partition coefficient (Wildman–Crippen LogP) is 2.99. The van der Waals surface area contributed by atoms with Gasteiger partial charge < -0.3 is 5.32 Å². The quantitative estimate of drug-likeness (QED) is 0.781. The molecule has 0 unspecified atom stereocenters. The number of piperidine rings is 1. The van der Waals surface area contributed by atoms with Crippen molar-refractivity contribution in [1.29, 1.82) is 0 Å². The Bertz CT molecular complexity index is 865. The van der Waals surface area contributed by atoms with Crippen LogP contribution >= 0.6 is 0 Å². The minimum atomic E-state index is -0.190. The molecule has 29 heavy (non-hydrogen) atoms. The summed E-state index contributed by atoms with van der Waals surface area (Å²) >= 11 is 0. The van der Waals surface area contributed by atoms with Gasteiger partial charge in [0, 0.05) is 43.2 Å². The van der Waals surface area contributed by atoms with Crippen LogP contribution in [0.15, 0.2) is 41.2 Å². The molecule has 0 saturated carbocycles. The van der Waals surface area contributed by atoms with Crippen LogP contribution in [0, 0.1) is 6.92 Å². The lowest BCUT2D eigenvalue weighted by molar-refractivity contribution is -0.121. The molecule has 3 rings (SSSR count). The van der Waals surface area contributed by atoms with Crippen LogP contribution in [-0.2, 0) is 11.3 Å². The highest BCUT2D eigenvalue weighted by Gasteiger charge is 2.23. The molecule has 6 nitrogen and oxygen atoms in total. The van der Waals surface area contributed by atoms with E-state index in [0.717, 1.165) is 17.8 Å². The van der Waals surface area contributed by atoms with Crippen LogP contribution in [0.25, 0.3) is 11.3 Å². The molecule has 1 aliphatic rings. The third kappa shape index (κ3) is 5.76. The maximum atomic E-state index is 12.3. The molecule has 2 aromatic rings. The average molecular weight is 397 g/mol. The highest BCUT2D eigenvalue weighted by Crippen LogP contribution is 2.21. The van der Waals surface area contributed by atoms with Gasteiger partial charge in [0.2, 0.25) is 5.91 Å². The van der Waals surface area contributed by atoms with Gasteiger partial charge in [-0.3, -0.25) is 14.5 Å². The lowest BCUT2D eigenvalue weighted by Gasteiger charge is -2.39. The first-order valence-electron chi connectivity index (χ1n) is 10.6. The van der Waals surface area contributed by atoms with Crippen molar-refractivity contribution in [3.8, 4) is 11.3 Å². The van der Waals surface area contributed by atoms with Gasteiger partial charge in [-0.25, -0.2) is 4.68 Å². The maximum Gasteiger partial charge on any atom is 0.266 e. The second-order valence-corrected chi connectivity index (χ2v) is 8.11. The van der Waals surface area contributed by atoms with Gasteiger partial charge in [0.25, 0.3) is 5.56 Å². The third-order valence-corrected chi connectivity index (χ3v) is 5.83. The molecular formula is C23H32N4O2. The van der Waals surface area contributed by atoms with Gasteiger partial charge in [0.1, 0.15) is 0 Å². The number of carbonyl (C=O) groups is 1. The Labute approximate surface area is 172 Å². The molecule has 2 atom stereocenters. The van der Waals surface area contributed by atoms with Crippen LogP contribution in [0.3, 0.4) is 0 Å². The summed E-state index contributed by atoms with van der Waals surface area (Å²) in [6.45, 7) is 8.34. The molecule has 0 bridgehead atoms. The van der Waals surface area contributed by atoms with Gasteiger partial charge in [0.15, 0.2) is 0 Å². The molecule has 0 radical (unpaired) electrons. The number of rotatable bonds is 7. The third-order valence-electron chi connectivity index (χ3n) is 5.83. The Morgan fingerprint density at radius 3 is 2.45 bits per heavy atom. The van der Waals surface area contributed by atoms with Gasteiger partial charge in [-0.1, -0.05) is 36.2 Å². The van der Waals surface area contributed by atoms with Crippen molar-refractivity contribution in [2.45, 2.75) is 65.1 Å². The maximum absolute atomic E-state index is 12.3. The summed E-state index contributed by atoms with van der Waals surface area (Å²) in [4.78, 5) is 26.8. The Morgan fingerprint density at radius 1 is 1.07 bits per heavy atom. The number of aryl methyl sites for hydroxylation is 2. The van der Waals surface area contributed by atoms with Gasteiger partial charge in [-0.05, 0) is 39.7 Å². The highest BCUT2D eigenvalue weighted by molar-refractivity contribution is 5.75. The van der Waals surface area contributed by atoms with Crippen molar-refractivity contribution in [2.24, 2.45) is 0 Å². The Kier molecular flexibility index (Phi) is 7.20. The van der Waals surface area contributed by atoms with Crippen LogP contribution in [-0.4, -0.2) is 45.8 Å². The largest absolute Gasteiger partial charge is 0.355 e. The van der Waals surface area contributed by atoms with E-state index in [1.807, 2.05) is 31.2 Å². The first kappa shape index (κ1) is 21.2. The number of benzene rings is 1. The summed E-state index contributed by atoms with van der Waals surface area (Å²) in [5, 5.41) is 7.42. The Balaban J connectivity index is 1.51. The molecule has 1 N–H and O–H groups in total. The predicted molar refractivity (Wildman–Crippen MR) is 116 cm³/mol. The zero-order chi connectivity index (χ0) is 20.8. The smallest absolute Gasteiger partial charge is 0.266 e. The van der Waals surface area contributed by atoms with Crippen LogP contribution in [0.1, 0.15) is 45.1 Å². The van der Waals surface area contributed by atoms with E-state index in [2.05, 4.69) is 29.2 Å². The topological polar surface area (TPSA) is 67.2 Å². The molecule has 6 heteroatoms. The van der Waals surface area contributed by atoms with Gasteiger partial charge in [-0.2, -0.15) is 5.10 Å². The van der Waals surface area contributed by atoms with Crippen molar-refractivity contribution < 1.29 is 4.79 Å². The summed E-state index contributed by atoms with van der Waals surface area (Å²) in [5.41, 5.74) is 2.67. The molecule has 1 aromatic carbocycles. The van der Waals surface area contributed by atoms with E-state index in [4.69, 9.17) is 0 Å². The fourth-order valence-corrected chi connectivity index (χ4v) is 4.02. The SMILES string of the molecule is Cc1ccc(-c2ccc(=O)n(CCC(=O)NCCN3[C@@H](C)CCC[C@@H]3C)n2)cc1. The molecule has 2 heterocycles. The Hall–Kier alpha value is -2.47.